The molecule has 104 valence electrons. The monoisotopic (exact) mass is 278 g/mol. The molecule has 0 saturated heterocycles. The Labute approximate surface area is 119 Å². The van der Waals surface area contributed by atoms with Crippen LogP contribution in [0.2, 0.25) is 0 Å². The summed E-state index contributed by atoms with van der Waals surface area (Å²) in [5.74, 6) is 2.29. The number of hydrogen-bond acceptors (Lipinski definition) is 3. The third-order valence-electron chi connectivity index (χ3n) is 3.35. The van der Waals surface area contributed by atoms with Gasteiger partial charge in [-0.3, -0.25) is 4.79 Å². The predicted octanol–water partition coefficient (Wildman–Crippen LogP) is 2.92. The van der Waals surface area contributed by atoms with Gasteiger partial charge in [0.1, 0.15) is 0 Å². The molecule has 3 nitrogen and oxygen atoms in total. The molecule has 0 bridgehead atoms. The molecule has 1 aliphatic rings. The Balaban J connectivity index is 1.89. The number of benzene rings is 1. The second kappa shape index (κ2) is 6.85. The highest BCUT2D eigenvalue weighted by Crippen LogP contribution is 2.23. The molecule has 4 heteroatoms. The zero-order valence-corrected chi connectivity index (χ0v) is 12.5. The van der Waals surface area contributed by atoms with Gasteiger partial charge >= 0.3 is 0 Å². The Morgan fingerprint density at radius 3 is 3.16 bits per heavy atom. The fraction of sp³-hybridized carbons (Fsp3) is 0.533. The van der Waals surface area contributed by atoms with Crippen molar-refractivity contribution in [2.24, 2.45) is 0 Å². The van der Waals surface area contributed by atoms with Crippen molar-refractivity contribution in [3.63, 3.8) is 0 Å². The van der Waals surface area contributed by atoms with Gasteiger partial charge in [-0.2, -0.15) is 11.8 Å². The van der Waals surface area contributed by atoms with Crippen LogP contribution in [0.25, 0.3) is 0 Å². The van der Waals surface area contributed by atoms with Crippen LogP contribution in [0.1, 0.15) is 36.2 Å². The molecule has 2 rings (SSSR count). The molecule has 0 aromatic heterocycles. The average molecular weight is 278 g/mol. The van der Waals surface area contributed by atoms with Crippen LogP contribution >= 0.6 is 11.8 Å². The van der Waals surface area contributed by atoms with E-state index in [1.54, 1.807) is 0 Å². The standard InChI is InChI=1S/C15H22N2OS/c1-3-19-9-7-11(2)17-15(18)13-4-5-14-12(10-13)6-8-16-14/h4-5,10-11,16H,3,6-9H2,1-2H3,(H,17,18). The molecule has 1 amide bonds. The van der Waals surface area contributed by atoms with E-state index in [1.807, 2.05) is 30.0 Å². The van der Waals surface area contributed by atoms with E-state index in [-0.39, 0.29) is 11.9 Å². The molecule has 0 spiro atoms. The quantitative estimate of drug-likeness (QED) is 0.786. The molecular formula is C15H22N2OS. The summed E-state index contributed by atoms with van der Waals surface area (Å²) in [4.78, 5) is 12.1. The highest BCUT2D eigenvalue weighted by atomic mass is 32.2. The zero-order valence-electron chi connectivity index (χ0n) is 11.7. The van der Waals surface area contributed by atoms with Crippen molar-refractivity contribution in [1.82, 2.24) is 5.32 Å². The molecule has 1 heterocycles. The number of hydrogen-bond donors (Lipinski definition) is 2. The van der Waals surface area contributed by atoms with Crippen molar-refractivity contribution in [2.45, 2.75) is 32.7 Å². The molecule has 0 aliphatic carbocycles. The van der Waals surface area contributed by atoms with Crippen LogP contribution in [0, 0.1) is 0 Å². The lowest BCUT2D eigenvalue weighted by Crippen LogP contribution is -2.33. The molecule has 2 N–H and O–H groups in total. The number of amides is 1. The maximum Gasteiger partial charge on any atom is 0.251 e. The lowest BCUT2D eigenvalue weighted by molar-refractivity contribution is 0.0939. The second-order valence-corrected chi connectivity index (χ2v) is 6.30. The molecule has 0 radical (unpaired) electrons. The maximum atomic E-state index is 12.1. The van der Waals surface area contributed by atoms with E-state index in [2.05, 4.69) is 24.5 Å². The highest BCUT2D eigenvalue weighted by molar-refractivity contribution is 7.99. The van der Waals surface area contributed by atoms with Gasteiger partial charge in [-0.1, -0.05) is 6.92 Å². The van der Waals surface area contributed by atoms with E-state index in [0.29, 0.717) is 0 Å². The fourth-order valence-electron chi connectivity index (χ4n) is 2.23. The van der Waals surface area contributed by atoms with E-state index in [4.69, 9.17) is 0 Å². The van der Waals surface area contributed by atoms with Crippen LogP contribution < -0.4 is 10.6 Å². The third kappa shape index (κ3) is 3.90. The number of thioether (sulfide) groups is 1. The summed E-state index contributed by atoms with van der Waals surface area (Å²) in [7, 11) is 0. The summed E-state index contributed by atoms with van der Waals surface area (Å²) in [6, 6.07) is 6.16. The number of nitrogens with one attached hydrogen (secondary N) is 2. The van der Waals surface area contributed by atoms with Crippen molar-refractivity contribution >= 4 is 23.4 Å². The van der Waals surface area contributed by atoms with Crippen LogP contribution in [-0.4, -0.2) is 30.0 Å². The molecule has 19 heavy (non-hydrogen) atoms. The van der Waals surface area contributed by atoms with Crippen LogP contribution in [0.15, 0.2) is 18.2 Å². The number of rotatable bonds is 6. The molecule has 1 aromatic carbocycles. The Kier molecular flexibility index (Phi) is 5.14. The van der Waals surface area contributed by atoms with Crippen LogP contribution in [0.4, 0.5) is 5.69 Å². The minimum absolute atomic E-state index is 0.0451. The number of anilines is 1. The summed E-state index contributed by atoms with van der Waals surface area (Å²) < 4.78 is 0. The van der Waals surface area contributed by atoms with Gasteiger partial charge < -0.3 is 10.6 Å². The van der Waals surface area contributed by atoms with Gasteiger partial charge in [0.25, 0.3) is 5.91 Å². The van der Waals surface area contributed by atoms with E-state index in [0.717, 1.165) is 36.5 Å². The second-order valence-electron chi connectivity index (χ2n) is 4.91. The third-order valence-corrected chi connectivity index (χ3v) is 4.29. The SMILES string of the molecule is CCSCCC(C)NC(=O)c1ccc2c(c1)CCN2. The largest absolute Gasteiger partial charge is 0.384 e. The van der Waals surface area contributed by atoms with Crippen LogP contribution in [0.3, 0.4) is 0 Å². The van der Waals surface area contributed by atoms with E-state index in [9.17, 15) is 4.79 Å². The molecule has 0 saturated carbocycles. The topological polar surface area (TPSA) is 41.1 Å². The number of carbonyl (C=O) groups is 1. The van der Waals surface area contributed by atoms with Gasteiger partial charge in [0.05, 0.1) is 0 Å². The molecule has 1 aliphatic heterocycles. The Morgan fingerprint density at radius 2 is 2.37 bits per heavy atom. The fourth-order valence-corrected chi connectivity index (χ4v) is 3.04. The average Bonchev–Trinajstić information content (AvgIpc) is 2.86. The highest BCUT2D eigenvalue weighted by Gasteiger charge is 2.14. The summed E-state index contributed by atoms with van der Waals surface area (Å²) in [6.45, 7) is 5.21. The Hall–Kier alpha value is -1.16. The summed E-state index contributed by atoms with van der Waals surface area (Å²) in [6.07, 6.45) is 2.04. The van der Waals surface area contributed by atoms with Gasteiger partial charge in [0.2, 0.25) is 0 Å². The number of fused-ring (bicyclic) bond motifs is 1. The van der Waals surface area contributed by atoms with Gasteiger partial charge in [-0.25, -0.2) is 0 Å². The first-order chi connectivity index (χ1) is 9.20. The van der Waals surface area contributed by atoms with Crippen molar-refractivity contribution in [3.8, 4) is 0 Å². The van der Waals surface area contributed by atoms with Crippen molar-refractivity contribution < 1.29 is 4.79 Å². The summed E-state index contributed by atoms with van der Waals surface area (Å²) in [5, 5.41) is 6.38. The summed E-state index contributed by atoms with van der Waals surface area (Å²) in [5.41, 5.74) is 3.20. The van der Waals surface area contributed by atoms with Crippen molar-refractivity contribution in [1.29, 1.82) is 0 Å². The molecule has 1 unspecified atom stereocenters. The minimum atomic E-state index is 0.0451. The first-order valence-electron chi connectivity index (χ1n) is 6.96. The van der Waals surface area contributed by atoms with E-state index < -0.39 is 0 Å². The van der Waals surface area contributed by atoms with Gasteiger partial charge in [0.15, 0.2) is 0 Å². The van der Waals surface area contributed by atoms with Gasteiger partial charge in [0, 0.05) is 23.8 Å². The van der Waals surface area contributed by atoms with E-state index >= 15 is 0 Å². The van der Waals surface area contributed by atoms with Gasteiger partial charge in [-0.05, 0) is 55.0 Å². The molecule has 1 atom stereocenters. The lowest BCUT2D eigenvalue weighted by atomic mass is 10.1. The molecule has 1 aromatic rings. The Bertz CT molecular complexity index is 448. The van der Waals surface area contributed by atoms with E-state index in [1.165, 1.54) is 11.3 Å². The Morgan fingerprint density at radius 1 is 1.53 bits per heavy atom. The maximum absolute atomic E-state index is 12.1. The smallest absolute Gasteiger partial charge is 0.251 e. The minimum Gasteiger partial charge on any atom is -0.384 e. The van der Waals surface area contributed by atoms with Crippen molar-refractivity contribution in [3.05, 3.63) is 29.3 Å². The van der Waals surface area contributed by atoms with Crippen LogP contribution in [-0.2, 0) is 6.42 Å². The first kappa shape index (κ1) is 14.3. The number of carbonyl (C=O) groups excluding carboxylic acids is 1. The first-order valence-corrected chi connectivity index (χ1v) is 8.11. The van der Waals surface area contributed by atoms with Crippen molar-refractivity contribution in [2.75, 3.05) is 23.4 Å². The van der Waals surface area contributed by atoms with Gasteiger partial charge in [-0.15, -0.1) is 0 Å². The van der Waals surface area contributed by atoms with Crippen LogP contribution in [0.5, 0.6) is 0 Å². The normalized spacial score (nSPS) is 14.6. The molecule has 0 fully saturated rings. The zero-order chi connectivity index (χ0) is 13.7. The lowest BCUT2D eigenvalue weighted by Gasteiger charge is -2.14. The molecular weight excluding hydrogens is 256 g/mol. The summed E-state index contributed by atoms with van der Waals surface area (Å²) >= 11 is 1.92. The predicted molar refractivity (Wildman–Crippen MR) is 83.2 cm³/mol.